The van der Waals surface area contributed by atoms with Crippen LogP contribution >= 0.6 is 11.3 Å². The Morgan fingerprint density at radius 3 is 2.91 bits per heavy atom. The summed E-state index contributed by atoms with van der Waals surface area (Å²) in [4.78, 5) is 24.2. The topological polar surface area (TPSA) is 59.1 Å². The third-order valence-corrected chi connectivity index (χ3v) is 1.96. The average molecular weight is 170 g/mol. The van der Waals surface area contributed by atoms with Gasteiger partial charge in [0, 0.05) is 11.6 Å². The number of amides is 1. The van der Waals surface area contributed by atoms with Gasteiger partial charge >= 0.3 is 0 Å². The van der Waals surface area contributed by atoms with Crippen molar-refractivity contribution in [1.82, 2.24) is 10.3 Å². The van der Waals surface area contributed by atoms with Gasteiger partial charge in [-0.25, -0.2) is 4.98 Å². The molecular weight excluding hydrogens is 164 g/mol. The van der Waals surface area contributed by atoms with Gasteiger partial charge in [0.1, 0.15) is 17.3 Å². The van der Waals surface area contributed by atoms with Gasteiger partial charge in [0.2, 0.25) is 6.41 Å². The fourth-order valence-electron chi connectivity index (χ4n) is 0.630. The summed E-state index contributed by atoms with van der Waals surface area (Å²) in [6.45, 7) is 0. The summed E-state index contributed by atoms with van der Waals surface area (Å²) in [5.74, 6) is 0. The number of aromatic nitrogens is 1. The molecule has 0 fully saturated rings. The van der Waals surface area contributed by atoms with Crippen LogP contribution in [0.4, 0.5) is 0 Å². The molecule has 5 heteroatoms. The number of aldehydes is 1. The van der Waals surface area contributed by atoms with Gasteiger partial charge in [0.15, 0.2) is 0 Å². The minimum Gasteiger partial charge on any atom is -0.343 e. The lowest BCUT2D eigenvalue weighted by molar-refractivity contribution is -0.115. The molecule has 0 saturated heterocycles. The molecule has 1 unspecified atom stereocenters. The second kappa shape index (κ2) is 3.82. The second-order valence-electron chi connectivity index (χ2n) is 1.77. The van der Waals surface area contributed by atoms with E-state index in [-0.39, 0.29) is 0 Å². The Labute approximate surface area is 67.3 Å². The van der Waals surface area contributed by atoms with Crippen LogP contribution in [-0.2, 0) is 9.59 Å². The Bertz CT molecular complexity index is 235. The first-order chi connectivity index (χ1) is 5.38. The number of nitrogens with zero attached hydrogens (tertiary/aromatic N) is 1. The molecule has 1 N–H and O–H groups in total. The number of rotatable bonds is 4. The molecule has 11 heavy (non-hydrogen) atoms. The first-order valence-corrected chi connectivity index (χ1v) is 3.81. The van der Waals surface area contributed by atoms with Gasteiger partial charge in [-0.3, -0.25) is 4.79 Å². The van der Waals surface area contributed by atoms with E-state index in [1.54, 1.807) is 11.6 Å². The number of hydrogen-bond acceptors (Lipinski definition) is 4. The number of thiazole rings is 1. The lowest BCUT2D eigenvalue weighted by Crippen LogP contribution is -2.20. The van der Waals surface area contributed by atoms with E-state index >= 15 is 0 Å². The summed E-state index contributed by atoms with van der Waals surface area (Å²) >= 11 is 1.33. The van der Waals surface area contributed by atoms with Crippen molar-refractivity contribution in [3.8, 4) is 0 Å². The van der Waals surface area contributed by atoms with Gasteiger partial charge in [0.05, 0.1) is 0 Å². The minimum atomic E-state index is -0.590. The monoisotopic (exact) mass is 170 g/mol. The molecule has 0 saturated carbocycles. The van der Waals surface area contributed by atoms with E-state index in [1.165, 1.54) is 11.3 Å². The second-order valence-corrected chi connectivity index (χ2v) is 2.69. The minimum absolute atomic E-state index is 0.487. The highest BCUT2D eigenvalue weighted by molar-refractivity contribution is 7.09. The molecule has 1 heterocycles. The Morgan fingerprint density at radius 2 is 2.45 bits per heavy atom. The van der Waals surface area contributed by atoms with E-state index in [1.807, 2.05) is 0 Å². The molecular formula is C6H6N2O2S. The molecule has 1 amide bonds. The maximum atomic E-state index is 10.3. The zero-order chi connectivity index (χ0) is 8.10. The molecule has 1 aromatic rings. The highest BCUT2D eigenvalue weighted by Crippen LogP contribution is 2.12. The van der Waals surface area contributed by atoms with Gasteiger partial charge in [-0.1, -0.05) is 0 Å². The van der Waals surface area contributed by atoms with Crippen LogP contribution in [0.15, 0.2) is 11.6 Å². The van der Waals surface area contributed by atoms with Crippen LogP contribution in [0.3, 0.4) is 0 Å². The molecule has 0 spiro atoms. The molecule has 1 rings (SSSR count). The van der Waals surface area contributed by atoms with Crippen LogP contribution in [0.25, 0.3) is 0 Å². The van der Waals surface area contributed by atoms with Crippen molar-refractivity contribution in [2.75, 3.05) is 0 Å². The molecule has 0 aliphatic heterocycles. The molecule has 4 nitrogen and oxygen atoms in total. The van der Waals surface area contributed by atoms with Crippen molar-refractivity contribution in [3.05, 3.63) is 16.6 Å². The van der Waals surface area contributed by atoms with Gasteiger partial charge in [-0.2, -0.15) is 0 Å². The van der Waals surface area contributed by atoms with Gasteiger partial charge in [-0.15, -0.1) is 11.3 Å². The van der Waals surface area contributed by atoms with Crippen LogP contribution < -0.4 is 5.32 Å². The standard InChI is InChI=1S/C6H6N2O2S/c9-3-5(8-4-10)6-7-1-2-11-6/h1-5H,(H,8,10). The van der Waals surface area contributed by atoms with E-state index in [0.717, 1.165) is 0 Å². The van der Waals surface area contributed by atoms with Crippen molar-refractivity contribution in [2.45, 2.75) is 6.04 Å². The van der Waals surface area contributed by atoms with Crippen molar-refractivity contribution in [1.29, 1.82) is 0 Å². The fourth-order valence-corrected chi connectivity index (χ4v) is 1.28. The molecule has 0 aliphatic carbocycles. The number of carbonyl (C=O) groups excluding carboxylic acids is 2. The summed E-state index contributed by atoms with van der Waals surface area (Å²) in [5.41, 5.74) is 0. The first kappa shape index (κ1) is 7.87. The smallest absolute Gasteiger partial charge is 0.208 e. The largest absolute Gasteiger partial charge is 0.343 e. The maximum absolute atomic E-state index is 10.3. The third kappa shape index (κ3) is 1.84. The zero-order valence-corrected chi connectivity index (χ0v) is 6.38. The molecule has 1 atom stereocenters. The lowest BCUT2D eigenvalue weighted by Gasteiger charge is -2.02. The van der Waals surface area contributed by atoms with E-state index in [0.29, 0.717) is 17.7 Å². The quantitative estimate of drug-likeness (QED) is 0.653. The van der Waals surface area contributed by atoms with Crippen molar-refractivity contribution >= 4 is 24.0 Å². The van der Waals surface area contributed by atoms with Crippen LogP contribution in [0.5, 0.6) is 0 Å². The summed E-state index contributed by atoms with van der Waals surface area (Å²) in [6.07, 6.45) is 2.72. The summed E-state index contributed by atoms with van der Waals surface area (Å²) < 4.78 is 0. The van der Waals surface area contributed by atoms with Crippen molar-refractivity contribution in [3.63, 3.8) is 0 Å². The lowest BCUT2D eigenvalue weighted by atomic mass is 10.3. The Balaban J connectivity index is 2.70. The Morgan fingerprint density at radius 1 is 1.64 bits per heavy atom. The highest BCUT2D eigenvalue weighted by atomic mass is 32.1. The summed E-state index contributed by atoms with van der Waals surface area (Å²) in [6, 6.07) is -0.590. The van der Waals surface area contributed by atoms with Gasteiger partial charge in [-0.05, 0) is 0 Å². The van der Waals surface area contributed by atoms with Crippen LogP contribution in [-0.4, -0.2) is 17.7 Å². The third-order valence-electron chi connectivity index (χ3n) is 1.10. The zero-order valence-electron chi connectivity index (χ0n) is 5.56. The summed E-state index contributed by atoms with van der Waals surface area (Å²) in [7, 11) is 0. The van der Waals surface area contributed by atoms with Crippen LogP contribution in [0, 0.1) is 0 Å². The molecule has 0 bridgehead atoms. The normalized spacial score (nSPS) is 12.0. The maximum Gasteiger partial charge on any atom is 0.208 e. The first-order valence-electron chi connectivity index (χ1n) is 2.93. The van der Waals surface area contributed by atoms with Crippen molar-refractivity contribution < 1.29 is 9.59 Å². The SMILES string of the molecule is O=CNC(C=O)c1nccs1. The average Bonchev–Trinajstić information content (AvgIpc) is 2.52. The highest BCUT2D eigenvalue weighted by Gasteiger charge is 2.10. The molecule has 1 aromatic heterocycles. The molecule has 0 aliphatic rings. The molecule has 58 valence electrons. The van der Waals surface area contributed by atoms with Gasteiger partial charge in [0.25, 0.3) is 0 Å². The van der Waals surface area contributed by atoms with E-state index in [9.17, 15) is 9.59 Å². The Hall–Kier alpha value is -1.23. The van der Waals surface area contributed by atoms with Crippen molar-refractivity contribution in [2.24, 2.45) is 0 Å². The molecule has 0 aromatic carbocycles. The number of nitrogens with one attached hydrogen (secondary N) is 1. The van der Waals surface area contributed by atoms with Crippen LogP contribution in [0.1, 0.15) is 11.0 Å². The summed E-state index contributed by atoms with van der Waals surface area (Å²) in [5, 5.41) is 4.69. The predicted octanol–water partition coefficient (Wildman–Crippen LogP) is 0.129. The predicted molar refractivity (Wildman–Crippen MR) is 40.1 cm³/mol. The van der Waals surface area contributed by atoms with E-state index in [4.69, 9.17) is 0 Å². The fraction of sp³-hybridized carbons (Fsp3) is 0.167. The van der Waals surface area contributed by atoms with E-state index in [2.05, 4.69) is 10.3 Å². The van der Waals surface area contributed by atoms with E-state index < -0.39 is 6.04 Å². The van der Waals surface area contributed by atoms with Crippen LogP contribution in [0.2, 0.25) is 0 Å². The number of carbonyl (C=O) groups is 2. The Kier molecular flexibility index (Phi) is 2.74. The van der Waals surface area contributed by atoms with Gasteiger partial charge < -0.3 is 10.1 Å². The molecule has 0 radical (unpaired) electrons. The number of hydrogen-bond donors (Lipinski definition) is 1.